The smallest absolute Gasteiger partial charge is 0.303 e. The van der Waals surface area contributed by atoms with E-state index in [1.807, 2.05) is 43.3 Å². The van der Waals surface area contributed by atoms with E-state index in [4.69, 9.17) is 9.84 Å². The maximum atomic E-state index is 11.8. The zero-order valence-corrected chi connectivity index (χ0v) is 13.9. The number of carboxylic acids is 1. The molecule has 5 nitrogen and oxygen atoms in total. The zero-order chi connectivity index (χ0) is 17.8. The van der Waals surface area contributed by atoms with Gasteiger partial charge in [-0.1, -0.05) is 43.3 Å². The highest BCUT2D eigenvalue weighted by Crippen LogP contribution is 2.32. The van der Waals surface area contributed by atoms with Crippen LogP contribution < -0.4 is 10.3 Å². The third-order valence-electron chi connectivity index (χ3n) is 4.14. The quantitative estimate of drug-likeness (QED) is 0.719. The molecule has 0 saturated heterocycles. The molecule has 1 heterocycles. The van der Waals surface area contributed by atoms with Gasteiger partial charge in [0.1, 0.15) is 12.4 Å². The molecule has 2 N–H and O–H groups in total. The number of aliphatic carboxylic acids is 1. The standard InChI is InChI=1S/C20H19NO4/c1-13(11-19(23)24)15-7-9-17(20-16(15)8-10-18(22)21-20)25-12-14-5-3-2-4-6-14/h2-10,13H,11-12H2,1H3,(H,21,22)(H,23,24). The van der Waals surface area contributed by atoms with E-state index in [1.165, 1.54) is 6.07 Å². The highest BCUT2D eigenvalue weighted by molar-refractivity contribution is 5.88. The molecule has 0 radical (unpaired) electrons. The lowest BCUT2D eigenvalue weighted by molar-refractivity contribution is -0.137. The zero-order valence-electron chi connectivity index (χ0n) is 13.9. The van der Waals surface area contributed by atoms with E-state index in [0.29, 0.717) is 17.9 Å². The van der Waals surface area contributed by atoms with E-state index in [9.17, 15) is 9.59 Å². The van der Waals surface area contributed by atoms with Crippen LogP contribution >= 0.6 is 0 Å². The number of benzene rings is 2. The molecular formula is C20H19NO4. The molecule has 0 bridgehead atoms. The SMILES string of the molecule is CC(CC(=O)O)c1ccc(OCc2ccccc2)c2[nH]c(=O)ccc12. The van der Waals surface area contributed by atoms with Crippen molar-refractivity contribution in [2.45, 2.75) is 25.9 Å². The van der Waals surface area contributed by atoms with Gasteiger partial charge in [0.15, 0.2) is 0 Å². The maximum absolute atomic E-state index is 11.8. The van der Waals surface area contributed by atoms with Gasteiger partial charge < -0.3 is 14.8 Å². The monoisotopic (exact) mass is 337 g/mol. The van der Waals surface area contributed by atoms with Crippen molar-refractivity contribution in [1.82, 2.24) is 4.98 Å². The molecule has 0 fully saturated rings. The number of carbonyl (C=O) groups is 1. The number of aromatic nitrogens is 1. The molecule has 25 heavy (non-hydrogen) atoms. The predicted octanol–water partition coefficient (Wildman–Crippen LogP) is 3.69. The molecule has 0 aliphatic rings. The van der Waals surface area contributed by atoms with E-state index in [0.717, 1.165) is 16.5 Å². The van der Waals surface area contributed by atoms with Crippen LogP contribution in [0.4, 0.5) is 0 Å². The van der Waals surface area contributed by atoms with Gasteiger partial charge in [-0.15, -0.1) is 0 Å². The first-order chi connectivity index (χ1) is 12.0. The summed E-state index contributed by atoms with van der Waals surface area (Å²) in [5.41, 5.74) is 2.27. The van der Waals surface area contributed by atoms with E-state index in [1.54, 1.807) is 12.1 Å². The Morgan fingerprint density at radius 3 is 2.60 bits per heavy atom. The van der Waals surface area contributed by atoms with Crippen molar-refractivity contribution >= 4 is 16.9 Å². The molecule has 0 aliphatic heterocycles. The Balaban J connectivity index is 1.98. The van der Waals surface area contributed by atoms with E-state index < -0.39 is 5.97 Å². The fraction of sp³-hybridized carbons (Fsp3) is 0.200. The number of fused-ring (bicyclic) bond motifs is 1. The van der Waals surface area contributed by atoms with E-state index in [-0.39, 0.29) is 17.9 Å². The molecule has 3 rings (SSSR count). The lowest BCUT2D eigenvalue weighted by Crippen LogP contribution is -2.08. The molecule has 1 unspecified atom stereocenters. The third-order valence-corrected chi connectivity index (χ3v) is 4.14. The van der Waals surface area contributed by atoms with Crippen LogP contribution in [0.15, 0.2) is 59.4 Å². The lowest BCUT2D eigenvalue weighted by atomic mass is 9.93. The molecular weight excluding hydrogens is 318 g/mol. The molecule has 5 heteroatoms. The highest BCUT2D eigenvalue weighted by atomic mass is 16.5. The van der Waals surface area contributed by atoms with Crippen molar-refractivity contribution in [2.75, 3.05) is 0 Å². The second-order valence-electron chi connectivity index (χ2n) is 6.04. The number of hydrogen-bond acceptors (Lipinski definition) is 3. The maximum Gasteiger partial charge on any atom is 0.303 e. The summed E-state index contributed by atoms with van der Waals surface area (Å²) < 4.78 is 5.89. The van der Waals surface area contributed by atoms with Crippen LogP contribution in [0.2, 0.25) is 0 Å². The van der Waals surface area contributed by atoms with Crippen LogP contribution in [-0.2, 0) is 11.4 Å². The summed E-state index contributed by atoms with van der Waals surface area (Å²) in [6.07, 6.45) is 0.0262. The lowest BCUT2D eigenvalue weighted by Gasteiger charge is -2.15. The number of ether oxygens (including phenoxy) is 1. The topological polar surface area (TPSA) is 79.4 Å². The number of aromatic amines is 1. The first-order valence-electron chi connectivity index (χ1n) is 8.09. The second kappa shape index (κ2) is 7.21. The van der Waals surface area contributed by atoms with Gasteiger partial charge in [-0.2, -0.15) is 0 Å². The molecule has 128 valence electrons. The summed E-state index contributed by atoms with van der Waals surface area (Å²) in [6.45, 7) is 2.25. The fourth-order valence-electron chi connectivity index (χ4n) is 2.91. The minimum absolute atomic E-state index is 0.0262. The molecule has 0 amide bonds. The number of rotatable bonds is 6. The molecule has 1 atom stereocenters. The Kier molecular flexibility index (Phi) is 4.84. The van der Waals surface area contributed by atoms with Gasteiger partial charge in [-0.3, -0.25) is 9.59 Å². The average molecular weight is 337 g/mol. The summed E-state index contributed by atoms with van der Waals surface area (Å²) in [6, 6.07) is 16.6. The molecule has 0 saturated carbocycles. The summed E-state index contributed by atoms with van der Waals surface area (Å²) >= 11 is 0. The number of nitrogens with one attached hydrogen (secondary N) is 1. The first-order valence-corrected chi connectivity index (χ1v) is 8.09. The average Bonchev–Trinajstić information content (AvgIpc) is 2.59. The molecule has 3 aromatic rings. The minimum Gasteiger partial charge on any atom is -0.487 e. The molecule has 0 aliphatic carbocycles. The van der Waals surface area contributed by atoms with Crippen LogP contribution in [0, 0.1) is 0 Å². The van der Waals surface area contributed by atoms with Gasteiger partial charge in [-0.05, 0) is 29.2 Å². The largest absolute Gasteiger partial charge is 0.487 e. The van der Waals surface area contributed by atoms with Gasteiger partial charge in [0.25, 0.3) is 0 Å². The fourth-order valence-corrected chi connectivity index (χ4v) is 2.91. The Morgan fingerprint density at radius 2 is 1.88 bits per heavy atom. The van der Waals surface area contributed by atoms with Crippen molar-refractivity contribution in [3.8, 4) is 5.75 Å². The van der Waals surface area contributed by atoms with Crippen molar-refractivity contribution in [3.05, 3.63) is 76.1 Å². The van der Waals surface area contributed by atoms with Gasteiger partial charge in [-0.25, -0.2) is 0 Å². The van der Waals surface area contributed by atoms with Crippen LogP contribution in [0.3, 0.4) is 0 Å². The first kappa shape index (κ1) is 16.8. The number of pyridine rings is 1. The van der Waals surface area contributed by atoms with Crippen LogP contribution in [0.25, 0.3) is 10.9 Å². The molecule has 0 spiro atoms. The molecule has 1 aromatic heterocycles. The second-order valence-corrected chi connectivity index (χ2v) is 6.04. The van der Waals surface area contributed by atoms with Gasteiger partial charge in [0, 0.05) is 11.5 Å². The number of H-pyrrole nitrogens is 1. The van der Waals surface area contributed by atoms with Crippen molar-refractivity contribution in [3.63, 3.8) is 0 Å². The predicted molar refractivity (Wildman–Crippen MR) is 96.0 cm³/mol. The van der Waals surface area contributed by atoms with Gasteiger partial charge >= 0.3 is 5.97 Å². The Hall–Kier alpha value is -3.08. The third kappa shape index (κ3) is 3.88. The summed E-state index contributed by atoms with van der Waals surface area (Å²) in [5.74, 6) is -0.452. The summed E-state index contributed by atoms with van der Waals surface area (Å²) in [7, 11) is 0. The molecule has 2 aromatic carbocycles. The van der Waals surface area contributed by atoms with Crippen molar-refractivity contribution in [2.24, 2.45) is 0 Å². The summed E-state index contributed by atoms with van der Waals surface area (Å²) in [5, 5.41) is 9.85. The van der Waals surface area contributed by atoms with Crippen LogP contribution in [0.5, 0.6) is 5.75 Å². The van der Waals surface area contributed by atoms with E-state index >= 15 is 0 Å². The number of carboxylic acid groups (broad SMARTS) is 1. The van der Waals surface area contributed by atoms with Crippen LogP contribution in [-0.4, -0.2) is 16.1 Å². The van der Waals surface area contributed by atoms with Crippen LogP contribution in [0.1, 0.15) is 30.4 Å². The Labute approximate surface area is 144 Å². The van der Waals surface area contributed by atoms with E-state index in [2.05, 4.69) is 4.98 Å². The summed E-state index contributed by atoms with van der Waals surface area (Å²) in [4.78, 5) is 25.6. The normalized spacial score (nSPS) is 12.0. The minimum atomic E-state index is -0.852. The van der Waals surface area contributed by atoms with Crippen molar-refractivity contribution in [1.29, 1.82) is 0 Å². The van der Waals surface area contributed by atoms with Gasteiger partial charge in [0.2, 0.25) is 5.56 Å². The Bertz CT molecular complexity index is 947. The van der Waals surface area contributed by atoms with Crippen molar-refractivity contribution < 1.29 is 14.6 Å². The Morgan fingerprint density at radius 1 is 1.12 bits per heavy atom. The highest BCUT2D eigenvalue weighted by Gasteiger charge is 2.16. The number of hydrogen-bond donors (Lipinski definition) is 2. The van der Waals surface area contributed by atoms with Gasteiger partial charge in [0.05, 0.1) is 11.9 Å².